The van der Waals surface area contributed by atoms with Crippen LogP contribution in [0.4, 0.5) is 5.69 Å². The summed E-state index contributed by atoms with van der Waals surface area (Å²) in [6.45, 7) is 8.55. The Morgan fingerprint density at radius 3 is 2.54 bits per heavy atom. The second-order valence-electron chi connectivity index (χ2n) is 6.81. The van der Waals surface area contributed by atoms with Crippen molar-refractivity contribution in [2.24, 2.45) is 4.99 Å². The van der Waals surface area contributed by atoms with Crippen molar-refractivity contribution in [3.05, 3.63) is 52.5 Å². The second kappa shape index (κ2) is 7.08. The first-order valence-electron chi connectivity index (χ1n) is 8.89. The number of fused-ring (bicyclic) bond motifs is 1. The van der Waals surface area contributed by atoms with Crippen molar-refractivity contribution >= 4 is 22.8 Å². The number of unbranched alkanes of at least 4 members (excludes halogenated alkanes) is 2. The lowest BCUT2D eigenvalue weighted by Crippen LogP contribution is -1.86. The fourth-order valence-corrected chi connectivity index (χ4v) is 3.25. The number of aromatic nitrogens is 2. The van der Waals surface area contributed by atoms with Crippen LogP contribution < -0.4 is 0 Å². The number of rotatable bonds is 6. The summed E-state index contributed by atoms with van der Waals surface area (Å²) in [5.41, 5.74) is 8.19. The lowest BCUT2D eigenvalue weighted by Gasteiger charge is -2.00. The van der Waals surface area contributed by atoms with E-state index in [2.05, 4.69) is 61.9 Å². The van der Waals surface area contributed by atoms with E-state index in [1.807, 2.05) is 6.21 Å². The van der Waals surface area contributed by atoms with E-state index in [0.717, 1.165) is 23.3 Å². The van der Waals surface area contributed by atoms with E-state index < -0.39 is 0 Å². The average molecular weight is 321 g/mol. The van der Waals surface area contributed by atoms with Crippen LogP contribution in [0, 0.1) is 20.8 Å². The van der Waals surface area contributed by atoms with Gasteiger partial charge in [0.2, 0.25) is 0 Å². The van der Waals surface area contributed by atoms with Crippen LogP contribution in [0.5, 0.6) is 0 Å². The highest BCUT2D eigenvalue weighted by Crippen LogP contribution is 2.28. The Balaban J connectivity index is 1.93. The lowest BCUT2D eigenvalue weighted by atomic mass is 10.1. The molecule has 24 heavy (non-hydrogen) atoms. The zero-order chi connectivity index (χ0) is 17.1. The van der Waals surface area contributed by atoms with E-state index in [9.17, 15) is 0 Å². The first-order valence-corrected chi connectivity index (χ1v) is 8.89. The third kappa shape index (κ3) is 3.61. The molecule has 0 bridgehead atoms. The van der Waals surface area contributed by atoms with Crippen molar-refractivity contribution in [2.45, 2.75) is 53.4 Å². The van der Waals surface area contributed by atoms with Crippen molar-refractivity contribution in [1.82, 2.24) is 9.97 Å². The third-order valence-electron chi connectivity index (χ3n) is 4.48. The summed E-state index contributed by atoms with van der Waals surface area (Å²) in [7, 11) is 0. The minimum absolute atomic E-state index is 1.01. The molecule has 0 atom stereocenters. The molecule has 0 saturated carbocycles. The van der Waals surface area contributed by atoms with Crippen LogP contribution in [0.2, 0.25) is 0 Å². The normalized spacial score (nSPS) is 11.8. The van der Waals surface area contributed by atoms with Crippen LogP contribution in [0.3, 0.4) is 0 Å². The number of hydrogen-bond donors (Lipinski definition) is 2. The van der Waals surface area contributed by atoms with Crippen molar-refractivity contribution in [2.75, 3.05) is 0 Å². The molecule has 0 amide bonds. The Labute approximate surface area is 144 Å². The molecule has 126 valence electrons. The fourth-order valence-electron chi connectivity index (χ4n) is 3.25. The molecular formula is C21H27N3. The molecule has 0 spiro atoms. The Morgan fingerprint density at radius 2 is 1.83 bits per heavy atom. The van der Waals surface area contributed by atoms with Crippen LogP contribution in [-0.2, 0) is 6.42 Å². The van der Waals surface area contributed by atoms with Crippen LogP contribution in [0.25, 0.3) is 10.9 Å². The Morgan fingerprint density at radius 1 is 1.00 bits per heavy atom. The molecule has 3 heteroatoms. The Kier molecular flexibility index (Phi) is 4.89. The molecule has 0 aliphatic rings. The van der Waals surface area contributed by atoms with E-state index in [1.54, 1.807) is 0 Å². The highest BCUT2D eigenvalue weighted by atomic mass is 14.8. The van der Waals surface area contributed by atoms with Crippen molar-refractivity contribution in [1.29, 1.82) is 0 Å². The summed E-state index contributed by atoms with van der Waals surface area (Å²) < 4.78 is 0. The highest BCUT2D eigenvalue weighted by molar-refractivity contribution is 5.94. The summed E-state index contributed by atoms with van der Waals surface area (Å²) in [4.78, 5) is 11.7. The van der Waals surface area contributed by atoms with Gasteiger partial charge in [0.25, 0.3) is 0 Å². The Bertz CT molecular complexity index is 865. The van der Waals surface area contributed by atoms with Crippen molar-refractivity contribution in [3.8, 4) is 0 Å². The number of benzene rings is 1. The highest BCUT2D eigenvalue weighted by Gasteiger charge is 2.07. The monoisotopic (exact) mass is 321 g/mol. The van der Waals surface area contributed by atoms with Crippen LogP contribution in [0.1, 0.15) is 54.4 Å². The standard InChI is InChI=1S/C21H27N3/c1-5-6-7-8-18-12-17-9-14(2)10-19(21(17)24-18)22-13-20-15(3)11-16(4)23-20/h9-13,23-24H,5-8H2,1-4H3. The van der Waals surface area contributed by atoms with E-state index in [0.29, 0.717) is 0 Å². The maximum Gasteiger partial charge on any atom is 0.0874 e. The molecule has 3 aromatic rings. The quantitative estimate of drug-likeness (QED) is 0.419. The van der Waals surface area contributed by atoms with Crippen LogP contribution in [-0.4, -0.2) is 16.2 Å². The van der Waals surface area contributed by atoms with Crippen molar-refractivity contribution in [3.63, 3.8) is 0 Å². The minimum Gasteiger partial charge on any atom is -0.358 e. The second-order valence-corrected chi connectivity index (χ2v) is 6.81. The predicted octanol–water partition coefficient (Wildman–Crippen LogP) is 5.90. The number of H-pyrrole nitrogens is 2. The van der Waals surface area contributed by atoms with E-state index >= 15 is 0 Å². The van der Waals surface area contributed by atoms with Gasteiger partial charge in [-0.2, -0.15) is 0 Å². The molecule has 2 heterocycles. The number of nitrogens with zero attached hydrogens (tertiary/aromatic N) is 1. The molecular weight excluding hydrogens is 294 g/mol. The zero-order valence-corrected chi connectivity index (χ0v) is 15.2. The fraction of sp³-hybridized carbons (Fsp3) is 0.381. The van der Waals surface area contributed by atoms with Gasteiger partial charge in [-0.1, -0.05) is 19.8 Å². The first-order chi connectivity index (χ1) is 11.6. The largest absolute Gasteiger partial charge is 0.358 e. The van der Waals surface area contributed by atoms with E-state index in [4.69, 9.17) is 4.99 Å². The molecule has 1 aromatic carbocycles. The number of hydrogen-bond acceptors (Lipinski definition) is 1. The zero-order valence-electron chi connectivity index (χ0n) is 15.2. The third-order valence-corrected chi connectivity index (χ3v) is 4.48. The Hall–Kier alpha value is -2.29. The van der Waals surface area contributed by atoms with Crippen LogP contribution >= 0.6 is 0 Å². The molecule has 0 fully saturated rings. The van der Waals surface area contributed by atoms with Gasteiger partial charge in [-0.3, -0.25) is 4.99 Å². The topological polar surface area (TPSA) is 43.9 Å². The molecule has 3 rings (SSSR count). The molecule has 3 nitrogen and oxygen atoms in total. The first kappa shape index (κ1) is 16.6. The maximum atomic E-state index is 4.76. The summed E-state index contributed by atoms with van der Waals surface area (Å²) in [5.74, 6) is 0. The molecule has 2 N–H and O–H groups in total. The number of aliphatic imine (C=N–C) groups is 1. The smallest absolute Gasteiger partial charge is 0.0874 e. The SMILES string of the molecule is CCCCCc1cc2cc(C)cc(N=Cc3[nH]c(C)cc3C)c2[nH]1. The van der Waals surface area contributed by atoms with E-state index in [-0.39, 0.29) is 0 Å². The molecule has 0 saturated heterocycles. The van der Waals surface area contributed by atoms with Gasteiger partial charge < -0.3 is 9.97 Å². The predicted molar refractivity (Wildman–Crippen MR) is 104 cm³/mol. The van der Waals surface area contributed by atoms with Gasteiger partial charge in [-0.05, 0) is 69.0 Å². The summed E-state index contributed by atoms with van der Waals surface area (Å²) >= 11 is 0. The molecule has 0 unspecified atom stereocenters. The average Bonchev–Trinajstić information content (AvgIpc) is 3.07. The molecule has 0 aliphatic carbocycles. The summed E-state index contributed by atoms with van der Waals surface area (Å²) in [6, 6.07) is 8.81. The summed E-state index contributed by atoms with van der Waals surface area (Å²) in [6.07, 6.45) is 6.82. The van der Waals surface area contributed by atoms with Crippen LogP contribution in [0.15, 0.2) is 29.3 Å². The maximum absolute atomic E-state index is 4.76. The van der Waals surface area contributed by atoms with Gasteiger partial charge in [0.05, 0.1) is 23.1 Å². The van der Waals surface area contributed by atoms with Gasteiger partial charge in [-0.25, -0.2) is 0 Å². The van der Waals surface area contributed by atoms with Gasteiger partial charge in [-0.15, -0.1) is 0 Å². The van der Waals surface area contributed by atoms with Crippen molar-refractivity contribution < 1.29 is 0 Å². The minimum atomic E-state index is 1.01. The summed E-state index contributed by atoms with van der Waals surface area (Å²) in [5, 5.41) is 1.26. The lowest BCUT2D eigenvalue weighted by molar-refractivity contribution is 0.710. The van der Waals surface area contributed by atoms with Gasteiger partial charge in [0, 0.05) is 16.8 Å². The van der Waals surface area contributed by atoms with Gasteiger partial charge in [0.1, 0.15) is 0 Å². The van der Waals surface area contributed by atoms with Gasteiger partial charge in [0.15, 0.2) is 0 Å². The van der Waals surface area contributed by atoms with Gasteiger partial charge >= 0.3 is 0 Å². The number of nitrogens with one attached hydrogen (secondary N) is 2. The number of aryl methyl sites for hydroxylation is 4. The molecule has 0 aliphatic heterocycles. The molecule has 2 aromatic heterocycles. The molecule has 0 radical (unpaired) electrons. The number of aromatic amines is 2. The van der Waals surface area contributed by atoms with E-state index in [1.165, 1.54) is 47.2 Å².